The SMILES string of the molecule is C=CCc1ccc(C)cc1C.CC.Cc1ccc(S)cc1Cn1nc(NC(=O)OC2CCCCC2)cc1C. The van der Waals surface area contributed by atoms with Crippen LogP contribution in [0.15, 0.2) is 60.0 Å². The quantitative estimate of drug-likeness (QED) is 0.245. The highest BCUT2D eigenvalue weighted by molar-refractivity contribution is 7.80. The fourth-order valence-electron chi connectivity index (χ4n) is 4.42. The number of aromatic nitrogens is 2. The van der Waals surface area contributed by atoms with E-state index in [0.717, 1.165) is 48.3 Å². The second kappa shape index (κ2) is 16.1. The van der Waals surface area contributed by atoms with Crippen LogP contribution in [0.25, 0.3) is 0 Å². The Morgan fingerprint density at radius 2 is 1.74 bits per heavy atom. The molecule has 38 heavy (non-hydrogen) atoms. The first kappa shape index (κ1) is 31.2. The van der Waals surface area contributed by atoms with Gasteiger partial charge in [0.15, 0.2) is 5.82 Å². The Kier molecular flexibility index (Phi) is 13.2. The molecule has 1 saturated carbocycles. The number of carbonyl (C=O) groups excluding carboxylic acids is 1. The summed E-state index contributed by atoms with van der Waals surface area (Å²) in [5.41, 5.74) is 7.41. The molecule has 1 N–H and O–H groups in total. The van der Waals surface area contributed by atoms with Crippen molar-refractivity contribution in [2.45, 2.75) is 97.6 Å². The van der Waals surface area contributed by atoms with Crippen molar-refractivity contribution in [3.05, 3.63) is 88.6 Å². The Labute approximate surface area is 235 Å². The summed E-state index contributed by atoms with van der Waals surface area (Å²) in [5.74, 6) is 0.526. The lowest BCUT2D eigenvalue weighted by atomic mass is 9.98. The number of benzene rings is 2. The Bertz CT molecular complexity index is 1180. The average Bonchev–Trinajstić information content (AvgIpc) is 3.23. The maximum Gasteiger partial charge on any atom is 0.413 e. The van der Waals surface area contributed by atoms with Gasteiger partial charge in [-0.1, -0.05) is 56.2 Å². The predicted molar refractivity (Wildman–Crippen MR) is 163 cm³/mol. The number of anilines is 1. The van der Waals surface area contributed by atoms with Gasteiger partial charge in [-0.05, 0) is 94.2 Å². The molecule has 1 aromatic heterocycles. The first-order chi connectivity index (χ1) is 18.2. The molecule has 1 amide bonds. The van der Waals surface area contributed by atoms with E-state index >= 15 is 0 Å². The third kappa shape index (κ3) is 10.1. The van der Waals surface area contributed by atoms with Gasteiger partial charge >= 0.3 is 6.09 Å². The molecular formula is C32H45N3O2S. The molecule has 206 valence electrons. The van der Waals surface area contributed by atoms with E-state index in [2.05, 4.69) is 74.7 Å². The largest absolute Gasteiger partial charge is 0.446 e. The normalized spacial score (nSPS) is 12.9. The van der Waals surface area contributed by atoms with Crippen molar-refractivity contribution in [3.8, 4) is 0 Å². The number of amides is 1. The summed E-state index contributed by atoms with van der Waals surface area (Å²) in [6.45, 7) is 16.7. The van der Waals surface area contributed by atoms with Crippen molar-refractivity contribution in [2.24, 2.45) is 0 Å². The molecule has 1 heterocycles. The van der Waals surface area contributed by atoms with Gasteiger partial charge in [-0.15, -0.1) is 19.2 Å². The van der Waals surface area contributed by atoms with Crippen molar-refractivity contribution < 1.29 is 9.53 Å². The molecule has 4 rings (SSSR count). The van der Waals surface area contributed by atoms with Crippen LogP contribution >= 0.6 is 12.6 Å². The maximum atomic E-state index is 12.1. The van der Waals surface area contributed by atoms with Crippen molar-refractivity contribution in [1.29, 1.82) is 0 Å². The van der Waals surface area contributed by atoms with Crippen molar-refractivity contribution in [1.82, 2.24) is 9.78 Å². The van der Waals surface area contributed by atoms with Crippen LogP contribution in [0.4, 0.5) is 10.6 Å². The molecule has 0 aliphatic heterocycles. The summed E-state index contributed by atoms with van der Waals surface area (Å²) in [5, 5.41) is 7.24. The van der Waals surface area contributed by atoms with Gasteiger partial charge in [-0.25, -0.2) is 4.79 Å². The minimum atomic E-state index is -0.412. The fraction of sp³-hybridized carbons (Fsp3) is 0.438. The van der Waals surface area contributed by atoms with Gasteiger partial charge < -0.3 is 4.74 Å². The Morgan fingerprint density at radius 3 is 2.39 bits per heavy atom. The van der Waals surface area contributed by atoms with E-state index in [-0.39, 0.29) is 6.10 Å². The Hall–Kier alpha value is -2.99. The minimum Gasteiger partial charge on any atom is -0.446 e. The number of hydrogen-bond acceptors (Lipinski definition) is 4. The zero-order chi connectivity index (χ0) is 28.1. The topological polar surface area (TPSA) is 56.2 Å². The molecule has 0 spiro atoms. The predicted octanol–water partition coefficient (Wildman–Crippen LogP) is 8.78. The number of allylic oxidation sites excluding steroid dienone is 1. The second-order valence-electron chi connectivity index (χ2n) is 9.65. The highest BCUT2D eigenvalue weighted by Gasteiger charge is 2.18. The van der Waals surface area contributed by atoms with E-state index in [9.17, 15) is 4.79 Å². The molecule has 1 fully saturated rings. The van der Waals surface area contributed by atoms with Gasteiger partial charge in [0, 0.05) is 16.7 Å². The summed E-state index contributed by atoms with van der Waals surface area (Å²) in [4.78, 5) is 13.0. The Morgan fingerprint density at radius 1 is 1.03 bits per heavy atom. The van der Waals surface area contributed by atoms with Gasteiger partial charge in [0.05, 0.1) is 6.54 Å². The highest BCUT2D eigenvalue weighted by atomic mass is 32.1. The number of rotatable bonds is 6. The molecule has 0 saturated heterocycles. The lowest BCUT2D eigenvalue weighted by Gasteiger charge is -2.21. The summed E-state index contributed by atoms with van der Waals surface area (Å²) < 4.78 is 7.37. The summed E-state index contributed by atoms with van der Waals surface area (Å²) >= 11 is 4.40. The molecule has 0 atom stereocenters. The molecule has 5 nitrogen and oxygen atoms in total. The minimum absolute atomic E-state index is 0.0395. The van der Waals surface area contributed by atoms with Gasteiger partial charge in [0.25, 0.3) is 0 Å². The van der Waals surface area contributed by atoms with Crippen LogP contribution < -0.4 is 5.32 Å². The molecule has 0 bridgehead atoms. The van der Waals surface area contributed by atoms with Crippen LogP contribution in [0.2, 0.25) is 0 Å². The number of carbonyl (C=O) groups is 1. The third-order valence-corrected chi connectivity index (χ3v) is 6.83. The summed E-state index contributed by atoms with van der Waals surface area (Å²) in [6.07, 6.45) is 7.97. The van der Waals surface area contributed by atoms with Crippen molar-refractivity contribution >= 4 is 24.5 Å². The van der Waals surface area contributed by atoms with Crippen molar-refractivity contribution in [2.75, 3.05) is 5.32 Å². The van der Waals surface area contributed by atoms with Gasteiger partial charge in [0.2, 0.25) is 0 Å². The second-order valence-corrected chi connectivity index (χ2v) is 10.2. The van der Waals surface area contributed by atoms with Crippen LogP contribution in [0.1, 0.15) is 79.5 Å². The van der Waals surface area contributed by atoms with Crippen LogP contribution in [-0.4, -0.2) is 22.0 Å². The van der Waals surface area contributed by atoms with Crippen LogP contribution in [0.5, 0.6) is 0 Å². The number of aryl methyl sites for hydroxylation is 4. The Balaban J connectivity index is 0.000000327. The van der Waals surface area contributed by atoms with Gasteiger partial charge in [-0.3, -0.25) is 10.00 Å². The van der Waals surface area contributed by atoms with E-state index in [1.807, 2.05) is 49.7 Å². The molecule has 6 heteroatoms. The number of nitrogens with zero attached hydrogens (tertiary/aromatic N) is 2. The van der Waals surface area contributed by atoms with E-state index in [1.165, 1.54) is 28.7 Å². The van der Waals surface area contributed by atoms with E-state index in [0.29, 0.717) is 12.4 Å². The number of ether oxygens (including phenoxy) is 1. The summed E-state index contributed by atoms with van der Waals surface area (Å²) in [7, 11) is 0. The zero-order valence-corrected chi connectivity index (χ0v) is 24.9. The monoisotopic (exact) mass is 535 g/mol. The smallest absolute Gasteiger partial charge is 0.413 e. The van der Waals surface area contributed by atoms with E-state index in [4.69, 9.17) is 4.74 Å². The van der Waals surface area contributed by atoms with Crippen LogP contribution in [-0.2, 0) is 17.7 Å². The lowest BCUT2D eigenvalue weighted by molar-refractivity contribution is 0.0864. The fourth-order valence-corrected chi connectivity index (χ4v) is 4.65. The standard InChI is InChI=1S/C19H25N3O2S.C11H14.C2H6/c1-13-8-9-17(25)11-15(13)12-22-14(2)10-18(21-22)20-19(23)24-16-6-4-3-5-7-16;1-4-5-11-7-6-9(2)8-10(11)3;1-2/h8-11,16,25H,3-7,12H2,1-2H3,(H,20,21,23);4,6-8H,1,5H2,2-3H3;1-2H3. The van der Waals surface area contributed by atoms with E-state index < -0.39 is 6.09 Å². The number of thiol groups is 1. The van der Waals surface area contributed by atoms with Gasteiger partial charge in [-0.2, -0.15) is 5.10 Å². The van der Waals surface area contributed by atoms with E-state index in [1.54, 1.807) is 0 Å². The molecule has 2 aromatic carbocycles. The molecular weight excluding hydrogens is 490 g/mol. The highest BCUT2D eigenvalue weighted by Crippen LogP contribution is 2.21. The van der Waals surface area contributed by atoms with Crippen LogP contribution in [0.3, 0.4) is 0 Å². The zero-order valence-electron chi connectivity index (χ0n) is 24.0. The molecule has 0 radical (unpaired) electrons. The molecule has 1 aliphatic carbocycles. The molecule has 0 unspecified atom stereocenters. The van der Waals surface area contributed by atoms with Gasteiger partial charge in [0.1, 0.15) is 6.10 Å². The molecule has 1 aliphatic rings. The third-order valence-electron chi connectivity index (χ3n) is 6.55. The maximum absolute atomic E-state index is 12.1. The molecule has 3 aromatic rings. The summed E-state index contributed by atoms with van der Waals surface area (Å²) in [6, 6.07) is 14.5. The lowest BCUT2D eigenvalue weighted by Crippen LogP contribution is -2.24. The first-order valence-corrected chi connectivity index (χ1v) is 14.2. The van der Waals surface area contributed by atoms with Crippen LogP contribution in [0, 0.1) is 27.7 Å². The number of nitrogens with one attached hydrogen (secondary N) is 1. The number of hydrogen-bond donors (Lipinski definition) is 2. The first-order valence-electron chi connectivity index (χ1n) is 13.7. The van der Waals surface area contributed by atoms with Crippen molar-refractivity contribution in [3.63, 3.8) is 0 Å². The average molecular weight is 536 g/mol.